The number of methoxy groups -OCH3 is 1. The molecule has 4 unspecified atom stereocenters. The fourth-order valence-corrected chi connectivity index (χ4v) is 10.7. The predicted octanol–water partition coefficient (Wildman–Crippen LogP) is 10.7. The SMILES string of the molecule is COC(=O)C(CCCCCCCCC[C@H]1C2C(CC[C@@]3(C)C2C[C@@H](O)C32CC2)c2ccc(O)cc2[C@H]1O)CCCC(F)(F)C(F)(F)C(F)(F)C(F)(F)F. The van der Waals surface area contributed by atoms with Crippen molar-refractivity contribution >= 4 is 5.97 Å². The normalized spacial score (nSPS) is 30.1. The Bertz CT molecular complexity index is 1430. The zero-order valence-electron chi connectivity index (χ0n) is 30.4. The van der Waals surface area contributed by atoms with Gasteiger partial charge in [0.15, 0.2) is 0 Å². The zero-order valence-corrected chi connectivity index (χ0v) is 30.4. The lowest BCUT2D eigenvalue weighted by molar-refractivity contribution is -0.396. The number of fused-ring (bicyclic) bond motifs is 6. The topological polar surface area (TPSA) is 87.0 Å². The number of rotatable bonds is 17. The van der Waals surface area contributed by atoms with Crippen molar-refractivity contribution < 1.29 is 64.4 Å². The van der Waals surface area contributed by atoms with E-state index in [1.807, 2.05) is 6.07 Å². The van der Waals surface area contributed by atoms with Gasteiger partial charge in [-0.25, -0.2) is 0 Å². The third kappa shape index (κ3) is 7.54. The Kier molecular flexibility index (Phi) is 12.2. The summed E-state index contributed by atoms with van der Waals surface area (Å²) >= 11 is 0. The lowest BCUT2D eigenvalue weighted by Gasteiger charge is -2.55. The molecular weight excluding hydrogens is 719 g/mol. The van der Waals surface area contributed by atoms with Gasteiger partial charge in [-0.05, 0) is 110 Å². The fourth-order valence-electron chi connectivity index (χ4n) is 10.7. The second kappa shape index (κ2) is 15.4. The highest BCUT2D eigenvalue weighted by atomic mass is 19.4. The molecule has 0 aromatic heterocycles. The van der Waals surface area contributed by atoms with E-state index in [0.717, 1.165) is 88.9 Å². The van der Waals surface area contributed by atoms with Gasteiger partial charge in [0.25, 0.3) is 0 Å². The highest BCUT2D eigenvalue weighted by Crippen LogP contribution is 2.76. The van der Waals surface area contributed by atoms with E-state index >= 15 is 0 Å². The Balaban J connectivity index is 1.07. The predicted molar refractivity (Wildman–Crippen MR) is 178 cm³/mol. The first-order chi connectivity index (χ1) is 24.7. The van der Waals surface area contributed by atoms with E-state index in [1.165, 1.54) is 0 Å². The van der Waals surface area contributed by atoms with Crippen LogP contribution in [0.2, 0.25) is 0 Å². The van der Waals surface area contributed by atoms with Gasteiger partial charge in [-0.15, -0.1) is 0 Å². The Morgan fingerprint density at radius 1 is 0.849 bits per heavy atom. The van der Waals surface area contributed by atoms with Crippen molar-refractivity contribution in [3.63, 3.8) is 0 Å². The highest BCUT2D eigenvalue weighted by Gasteiger charge is 2.81. The molecule has 14 heteroatoms. The molecule has 3 fully saturated rings. The van der Waals surface area contributed by atoms with Crippen molar-refractivity contribution in [2.45, 2.75) is 158 Å². The molecule has 0 bridgehead atoms. The summed E-state index contributed by atoms with van der Waals surface area (Å²) in [6.07, 6.45) is 0.181. The average molecular weight is 773 g/mol. The van der Waals surface area contributed by atoms with Gasteiger partial charge in [0, 0.05) is 11.8 Å². The minimum atomic E-state index is -6.93. The summed E-state index contributed by atoms with van der Waals surface area (Å²) in [5.74, 6) is -20.1. The molecule has 53 heavy (non-hydrogen) atoms. The van der Waals surface area contributed by atoms with Crippen LogP contribution in [0.25, 0.3) is 0 Å². The maximum Gasteiger partial charge on any atom is 0.460 e. The average Bonchev–Trinajstić information content (AvgIpc) is 3.87. The van der Waals surface area contributed by atoms with Gasteiger partial charge in [0.1, 0.15) is 5.75 Å². The van der Waals surface area contributed by atoms with Crippen LogP contribution in [-0.4, -0.2) is 58.4 Å². The van der Waals surface area contributed by atoms with Crippen molar-refractivity contribution in [3.05, 3.63) is 29.3 Å². The molecule has 0 amide bonds. The standard InChI is InChI=1S/C39H53F9O5/c1-34-18-16-26-25-15-14-24(49)21-28(25)32(51)27(31(26)29(34)22-30(50)35(34)19-20-35)13-9-7-5-3-4-6-8-11-23(33(52)53-2)12-10-17-36(40,41)37(42,43)38(44,45)39(46,47)48/h14-15,21,23,26-27,29-32,49-51H,3-13,16-20,22H2,1-2H3/t23?,26?,27-,29?,30+,31?,32-,34-/m0/s1. The van der Waals surface area contributed by atoms with E-state index in [-0.39, 0.29) is 46.9 Å². The molecule has 3 N–H and O–H groups in total. The number of aromatic hydroxyl groups is 1. The van der Waals surface area contributed by atoms with Gasteiger partial charge < -0.3 is 20.1 Å². The van der Waals surface area contributed by atoms with Crippen molar-refractivity contribution in [1.29, 1.82) is 0 Å². The molecule has 0 aliphatic heterocycles. The molecule has 0 saturated heterocycles. The zero-order chi connectivity index (χ0) is 39.2. The molecule has 0 radical (unpaired) electrons. The number of phenolic OH excluding ortho intramolecular Hbond substituents is 1. The van der Waals surface area contributed by atoms with Gasteiger partial charge in [0.05, 0.1) is 25.2 Å². The maximum absolute atomic E-state index is 13.9. The third-order valence-corrected chi connectivity index (χ3v) is 13.8. The van der Waals surface area contributed by atoms with Crippen LogP contribution in [0.15, 0.2) is 18.2 Å². The van der Waals surface area contributed by atoms with E-state index in [0.29, 0.717) is 18.8 Å². The summed E-state index contributed by atoms with van der Waals surface area (Å²) in [7, 11) is 1.05. The first kappa shape index (κ1) is 41.9. The molecular formula is C39H53F9O5. The molecule has 3 saturated carbocycles. The number of aliphatic hydroxyl groups is 2. The van der Waals surface area contributed by atoms with Crippen molar-refractivity contribution in [2.24, 2.45) is 34.5 Å². The number of ether oxygens (including phenoxy) is 1. The van der Waals surface area contributed by atoms with Gasteiger partial charge in [-0.2, -0.15) is 39.5 Å². The quantitative estimate of drug-likeness (QED) is 0.0834. The van der Waals surface area contributed by atoms with Crippen LogP contribution >= 0.6 is 0 Å². The Hall–Kier alpha value is -2.22. The first-order valence-corrected chi connectivity index (χ1v) is 19.1. The van der Waals surface area contributed by atoms with Crippen LogP contribution in [-0.2, 0) is 9.53 Å². The number of hydrogen-bond donors (Lipinski definition) is 3. The number of unbranched alkanes of at least 4 members (excludes halogenated alkanes) is 6. The highest BCUT2D eigenvalue weighted by molar-refractivity contribution is 5.72. The van der Waals surface area contributed by atoms with Crippen molar-refractivity contribution in [1.82, 2.24) is 0 Å². The Morgan fingerprint density at radius 3 is 2.06 bits per heavy atom. The van der Waals surface area contributed by atoms with Crippen LogP contribution in [0.3, 0.4) is 0 Å². The number of carbonyl (C=O) groups excluding carboxylic acids is 1. The Labute approximate surface area is 305 Å². The molecule has 5 rings (SSSR count). The summed E-state index contributed by atoms with van der Waals surface area (Å²) in [5.41, 5.74) is 1.96. The fraction of sp³-hybridized carbons (Fsp3) is 0.821. The molecule has 4 aliphatic rings. The van der Waals surface area contributed by atoms with Crippen molar-refractivity contribution in [2.75, 3.05) is 7.11 Å². The van der Waals surface area contributed by atoms with Crippen molar-refractivity contribution in [3.8, 4) is 5.75 Å². The largest absolute Gasteiger partial charge is 0.508 e. The molecule has 1 spiro atoms. The lowest BCUT2D eigenvalue weighted by atomic mass is 9.50. The second-order valence-corrected chi connectivity index (χ2v) is 16.6. The number of esters is 1. The number of carbonyl (C=O) groups is 1. The smallest absolute Gasteiger partial charge is 0.460 e. The molecule has 1 aromatic carbocycles. The minimum absolute atomic E-state index is 0.00239. The van der Waals surface area contributed by atoms with E-state index in [2.05, 4.69) is 11.7 Å². The molecule has 0 heterocycles. The van der Waals surface area contributed by atoms with E-state index < -0.39 is 61.2 Å². The number of aliphatic hydroxyl groups excluding tert-OH is 2. The second-order valence-electron chi connectivity index (χ2n) is 16.6. The van der Waals surface area contributed by atoms with Crippen LogP contribution < -0.4 is 0 Å². The monoisotopic (exact) mass is 772 g/mol. The number of halogens is 9. The summed E-state index contributed by atoms with van der Waals surface area (Å²) < 4.78 is 123. The first-order valence-electron chi connectivity index (χ1n) is 19.1. The van der Waals surface area contributed by atoms with Crippen LogP contribution in [0.5, 0.6) is 5.75 Å². The number of phenols is 1. The molecule has 1 aromatic rings. The summed E-state index contributed by atoms with van der Waals surface area (Å²) in [5, 5.41) is 33.2. The molecule has 4 aliphatic carbocycles. The maximum atomic E-state index is 13.9. The van der Waals surface area contributed by atoms with E-state index in [4.69, 9.17) is 0 Å². The third-order valence-electron chi connectivity index (χ3n) is 13.8. The van der Waals surface area contributed by atoms with E-state index in [1.54, 1.807) is 12.1 Å². The summed E-state index contributed by atoms with van der Waals surface area (Å²) in [4.78, 5) is 12.2. The molecule has 302 valence electrons. The van der Waals surface area contributed by atoms with Gasteiger partial charge >= 0.3 is 29.9 Å². The minimum Gasteiger partial charge on any atom is -0.508 e. The van der Waals surface area contributed by atoms with Gasteiger partial charge in [-0.1, -0.05) is 57.9 Å². The Morgan fingerprint density at radius 2 is 1.45 bits per heavy atom. The lowest BCUT2D eigenvalue weighted by Crippen LogP contribution is -2.60. The van der Waals surface area contributed by atoms with Gasteiger partial charge in [0.2, 0.25) is 0 Å². The summed E-state index contributed by atoms with van der Waals surface area (Å²) in [6, 6.07) is 5.35. The number of alkyl halides is 9. The van der Waals surface area contributed by atoms with E-state index in [9.17, 15) is 59.6 Å². The summed E-state index contributed by atoms with van der Waals surface area (Å²) in [6.45, 7) is 2.35. The number of benzene rings is 1. The van der Waals surface area contributed by atoms with Gasteiger partial charge in [-0.3, -0.25) is 4.79 Å². The number of hydrogen-bond acceptors (Lipinski definition) is 5. The molecule has 8 atom stereocenters. The van der Waals surface area contributed by atoms with Crippen LogP contribution in [0.1, 0.15) is 139 Å². The van der Waals surface area contributed by atoms with Crippen LogP contribution in [0.4, 0.5) is 39.5 Å². The van der Waals surface area contributed by atoms with Crippen LogP contribution in [0, 0.1) is 34.5 Å². The molecule has 5 nitrogen and oxygen atoms in total.